The third-order valence-electron chi connectivity index (χ3n) is 6.21. The number of nitrogens with zero attached hydrogens (tertiary/aromatic N) is 2. The van der Waals surface area contributed by atoms with Crippen molar-refractivity contribution in [2.45, 2.75) is 64.0 Å². The van der Waals surface area contributed by atoms with Crippen molar-refractivity contribution >= 4 is 0 Å². The van der Waals surface area contributed by atoms with Gasteiger partial charge in [-0.15, -0.1) is 0 Å². The molecule has 4 rings (SSSR count). The van der Waals surface area contributed by atoms with E-state index in [1.54, 1.807) is 0 Å². The first-order valence-electron chi connectivity index (χ1n) is 8.58. The zero-order chi connectivity index (χ0) is 13.5. The van der Waals surface area contributed by atoms with Crippen LogP contribution in [0.15, 0.2) is 12.5 Å². The summed E-state index contributed by atoms with van der Waals surface area (Å²) in [6, 6.07) is 1.17. The maximum absolute atomic E-state index is 4.47. The summed E-state index contributed by atoms with van der Waals surface area (Å²) in [5.74, 6) is 2.92. The Kier molecular flexibility index (Phi) is 3.33. The molecular weight excluding hydrogens is 246 g/mol. The van der Waals surface area contributed by atoms with Crippen molar-refractivity contribution in [1.82, 2.24) is 14.9 Å². The molecule has 2 bridgehead atoms. The number of imidazole rings is 1. The molecule has 0 radical (unpaired) electrons. The van der Waals surface area contributed by atoms with Crippen molar-refractivity contribution < 1.29 is 0 Å². The fourth-order valence-corrected chi connectivity index (χ4v) is 5.12. The van der Waals surface area contributed by atoms with E-state index >= 15 is 0 Å². The van der Waals surface area contributed by atoms with E-state index in [0.29, 0.717) is 12.1 Å². The number of hydrogen-bond acceptors (Lipinski definition) is 2. The summed E-state index contributed by atoms with van der Waals surface area (Å²) in [7, 11) is 0. The molecule has 3 fully saturated rings. The van der Waals surface area contributed by atoms with Gasteiger partial charge < -0.3 is 9.88 Å². The van der Waals surface area contributed by atoms with Gasteiger partial charge in [0.25, 0.3) is 0 Å². The van der Waals surface area contributed by atoms with Crippen LogP contribution in [0.5, 0.6) is 0 Å². The Hall–Kier alpha value is -0.830. The lowest BCUT2D eigenvalue weighted by atomic mass is 9.83. The third-order valence-corrected chi connectivity index (χ3v) is 6.21. The first-order chi connectivity index (χ1) is 9.83. The van der Waals surface area contributed by atoms with Gasteiger partial charge in [-0.25, -0.2) is 4.98 Å². The highest BCUT2D eigenvalue weighted by Gasteiger charge is 2.42. The molecule has 1 aromatic rings. The van der Waals surface area contributed by atoms with E-state index in [1.165, 1.54) is 57.2 Å². The highest BCUT2D eigenvalue weighted by atomic mass is 15.1. The van der Waals surface area contributed by atoms with Gasteiger partial charge in [0.1, 0.15) is 0 Å². The Morgan fingerprint density at radius 3 is 2.90 bits per heavy atom. The minimum atomic E-state index is 0.535. The van der Waals surface area contributed by atoms with E-state index in [0.717, 1.165) is 17.8 Å². The topological polar surface area (TPSA) is 29.9 Å². The Labute approximate surface area is 122 Å². The van der Waals surface area contributed by atoms with Gasteiger partial charge in [-0.05, 0) is 63.3 Å². The molecule has 3 heteroatoms. The van der Waals surface area contributed by atoms with Crippen LogP contribution in [0.1, 0.15) is 69.6 Å². The Morgan fingerprint density at radius 2 is 2.20 bits per heavy atom. The molecule has 1 N–H and O–H groups in total. The molecule has 0 aromatic carbocycles. The molecule has 0 spiro atoms. The third kappa shape index (κ3) is 2.11. The van der Waals surface area contributed by atoms with Gasteiger partial charge >= 0.3 is 0 Å². The molecule has 5 atom stereocenters. The molecule has 2 heterocycles. The van der Waals surface area contributed by atoms with E-state index in [1.807, 2.05) is 0 Å². The van der Waals surface area contributed by atoms with E-state index < -0.39 is 0 Å². The molecule has 1 aromatic heterocycles. The van der Waals surface area contributed by atoms with Gasteiger partial charge in [-0.2, -0.15) is 0 Å². The van der Waals surface area contributed by atoms with Crippen LogP contribution in [0.2, 0.25) is 0 Å². The SMILES string of the molecule is CC(C1CC2CCC1C2)n1cncc1C1CCCCN1. The highest BCUT2D eigenvalue weighted by Crippen LogP contribution is 2.52. The van der Waals surface area contributed by atoms with E-state index in [4.69, 9.17) is 0 Å². The molecule has 1 saturated heterocycles. The maximum atomic E-state index is 4.47. The molecule has 3 nitrogen and oxygen atoms in total. The van der Waals surface area contributed by atoms with E-state index in [9.17, 15) is 0 Å². The first kappa shape index (κ1) is 12.9. The van der Waals surface area contributed by atoms with Gasteiger partial charge in [0.2, 0.25) is 0 Å². The molecule has 5 unspecified atom stereocenters. The molecular formula is C17H27N3. The summed E-state index contributed by atoms with van der Waals surface area (Å²) in [4.78, 5) is 4.47. The average molecular weight is 273 g/mol. The van der Waals surface area contributed by atoms with Crippen LogP contribution in [0, 0.1) is 17.8 Å². The van der Waals surface area contributed by atoms with E-state index in [-0.39, 0.29) is 0 Å². The number of aromatic nitrogens is 2. The molecule has 110 valence electrons. The van der Waals surface area contributed by atoms with Gasteiger partial charge in [-0.1, -0.05) is 12.8 Å². The number of rotatable bonds is 3. The standard InChI is InChI=1S/C17H27N3/c1-12(15-9-13-5-6-14(15)8-13)20-11-18-10-17(20)16-4-2-3-7-19-16/h10-16,19H,2-9H2,1H3. The number of fused-ring (bicyclic) bond motifs is 2. The molecule has 2 aliphatic carbocycles. The fourth-order valence-electron chi connectivity index (χ4n) is 5.12. The van der Waals surface area contributed by atoms with Crippen molar-refractivity contribution in [2.24, 2.45) is 17.8 Å². The normalized spacial score (nSPS) is 38.2. The predicted octanol–water partition coefficient (Wildman–Crippen LogP) is 3.69. The van der Waals surface area contributed by atoms with Crippen LogP contribution in [0.3, 0.4) is 0 Å². The maximum Gasteiger partial charge on any atom is 0.0951 e. The Morgan fingerprint density at radius 1 is 1.25 bits per heavy atom. The Balaban J connectivity index is 1.54. The summed E-state index contributed by atoms with van der Waals surface area (Å²) in [5.41, 5.74) is 1.43. The molecule has 20 heavy (non-hydrogen) atoms. The molecule has 1 aliphatic heterocycles. The predicted molar refractivity (Wildman–Crippen MR) is 80.5 cm³/mol. The quantitative estimate of drug-likeness (QED) is 0.910. The molecule has 0 amide bonds. The molecule has 2 saturated carbocycles. The van der Waals surface area contributed by atoms with E-state index in [2.05, 4.69) is 34.3 Å². The summed E-state index contributed by atoms with van der Waals surface area (Å²) in [6.07, 6.45) is 14.1. The number of hydrogen-bond donors (Lipinski definition) is 1. The van der Waals surface area contributed by atoms with Crippen molar-refractivity contribution in [3.63, 3.8) is 0 Å². The van der Waals surface area contributed by atoms with Gasteiger partial charge in [-0.3, -0.25) is 0 Å². The van der Waals surface area contributed by atoms with Crippen molar-refractivity contribution in [2.75, 3.05) is 6.54 Å². The van der Waals surface area contributed by atoms with Crippen LogP contribution in [-0.4, -0.2) is 16.1 Å². The van der Waals surface area contributed by atoms with Crippen LogP contribution in [0.4, 0.5) is 0 Å². The van der Waals surface area contributed by atoms with Crippen molar-refractivity contribution in [3.05, 3.63) is 18.2 Å². The van der Waals surface area contributed by atoms with Crippen molar-refractivity contribution in [3.8, 4) is 0 Å². The summed E-state index contributed by atoms with van der Waals surface area (Å²) in [6.45, 7) is 3.59. The van der Waals surface area contributed by atoms with Crippen molar-refractivity contribution in [1.29, 1.82) is 0 Å². The van der Waals surface area contributed by atoms with Crippen LogP contribution < -0.4 is 5.32 Å². The second-order valence-electron chi connectivity index (χ2n) is 7.31. The number of nitrogens with one attached hydrogen (secondary N) is 1. The molecule has 3 aliphatic rings. The lowest BCUT2D eigenvalue weighted by Gasteiger charge is -2.32. The van der Waals surface area contributed by atoms with Crippen LogP contribution >= 0.6 is 0 Å². The largest absolute Gasteiger partial charge is 0.330 e. The highest BCUT2D eigenvalue weighted by molar-refractivity contribution is 5.09. The van der Waals surface area contributed by atoms with Crippen LogP contribution in [-0.2, 0) is 0 Å². The lowest BCUT2D eigenvalue weighted by Crippen LogP contribution is -2.30. The number of piperidine rings is 1. The average Bonchev–Trinajstić information content (AvgIpc) is 3.23. The van der Waals surface area contributed by atoms with Gasteiger partial charge in [0, 0.05) is 18.3 Å². The summed E-state index contributed by atoms with van der Waals surface area (Å²) < 4.78 is 2.49. The summed E-state index contributed by atoms with van der Waals surface area (Å²) >= 11 is 0. The van der Waals surface area contributed by atoms with Gasteiger partial charge in [0.05, 0.1) is 12.0 Å². The minimum Gasteiger partial charge on any atom is -0.330 e. The van der Waals surface area contributed by atoms with Crippen LogP contribution in [0.25, 0.3) is 0 Å². The smallest absolute Gasteiger partial charge is 0.0951 e. The fraction of sp³-hybridized carbons (Fsp3) is 0.824. The second kappa shape index (κ2) is 5.18. The minimum absolute atomic E-state index is 0.535. The van der Waals surface area contributed by atoms with Gasteiger partial charge in [0.15, 0.2) is 0 Å². The zero-order valence-electron chi connectivity index (χ0n) is 12.6. The zero-order valence-corrected chi connectivity index (χ0v) is 12.6. The lowest BCUT2D eigenvalue weighted by molar-refractivity contribution is 0.234. The monoisotopic (exact) mass is 273 g/mol. The second-order valence-corrected chi connectivity index (χ2v) is 7.31. The Bertz CT molecular complexity index is 461. The summed E-state index contributed by atoms with van der Waals surface area (Å²) in [5, 5.41) is 3.68. The first-order valence-corrected chi connectivity index (χ1v) is 8.58.